The Balaban J connectivity index is 2.17. The van der Waals surface area contributed by atoms with Crippen LogP contribution in [0.15, 0.2) is 83.6 Å². The van der Waals surface area contributed by atoms with Crippen LogP contribution in [0.2, 0.25) is 0 Å². The Morgan fingerprint density at radius 2 is 1.57 bits per heavy atom. The molecule has 0 radical (unpaired) electrons. The lowest BCUT2D eigenvalue weighted by Crippen LogP contribution is -2.41. The van der Waals surface area contributed by atoms with Gasteiger partial charge >= 0.3 is 0 Å². The largest absolute Gasteiger partial charge is 0.511 e. The predicted octanol–water partition coefficient (Wildman–Crippen LogP) is 6.80. The van der Waals surface area contributed by atoms with E-state index in [-0.39, 0.29) is 22.9 Å². The fourth-order valence-electron chi connectivity index (χ4n) is 4.79. The van der Waals surface area contributed by atoms with Gasteiger partial charge in [0, 0.05) is 16.9 Å². The molecule has 3 rings (SSSR count). The number of benzene rings is 2. The standard InChI is InChI=1S/C26H30O2/c1-4-12-23-25(28)22(24(27)20-13-8-6-9-14-20)18-19(3)26(23,17-5-2)21-15-10-7-11-16-21/h6-11,13-16,18,23,28H,4-5,12,17H2,1-3H3. The Kier molecular flexibility index (Phi) is 6.18. The number of allylic oxidation sites excluding steroid dienone is 4. The molecule has 2 heteroatoms. The molecule has 0 amide bonds. The van der Waals surface area contributed by atoms with Crippen molar-refractivity contribution >= 4 is 5.78 Å². The maximum Gasteiger partial charge on any atom is 0.196 e. The predicted molar refractivity (Wildman–Crippen MR) is 116 cm³/mol. The first-order valence-electron chi connectivity index (χ1n) is 10.3. The van der Waals surface area contributed by atoms with Crippen molar-refractivity contribution in [3.05, 3.63) is 94.8 Å². The number of hydrogen-bond donors (Lipinski definition) is 1. The van der Waals surface area contributed by atoms with Crippen molar-refractivity contribution in [3.8, 4) is 0 Å². The zero-order valence-electron chi connectivity index (χ0n) is 17.1. The summed E-state index contributed by atoms with van der Waals surface area (Å²) in [6.07, 6.45) is 5.68. The third kappa shape index (κ3) is 3.44. The van der Waals surface area contributed by atoms with Crippen LogP contribution in [-0.4, -0.2) is 10.9 Å². The van der Waals surface area contributed by atoms with Gasteiger partial charge in [0.25, 0.3) is 0 Å². The number of Topliss-reactive ketones (excluding diaryl/α,β-unsaturated/α-hetero) is 1. The van der Waals surface area contributed by atoms with E-state index in [2.05, 4.69) is 45.0 Å². The summed E-state index contributed by atoms with van der Waals surface area (Å²) in [5.41, 5.74) is 3.19. The lowest BCUT2D eigenvalue weighted by Gasteiger charge is -2.45. The zero-order chi connectivity index (χ0) is 20.1. The Hall–Kier alpha value is -2.61. The van der Waals surface area contributed by atoms with Gasteiger partial charge in [0.2, 0.25) is 0 Å². The molecule has 0 saturated heterocycles. The van der Waals surface area contributed by atoms with E-state index in [0.717, 1.165) is 31.3 Å². The van der Waals surface area contributed by atoms with Crippen molar-refractivity contribution in [1.82, 2.24) is 0 Å². The zero-order valence-corrected chi connectivity index (χ0v) is 17.1. The minimum Gasteiger partial charge on any atom is -0.511 e. The van der Waals surface area contributed by atoms with E-state index < -0.39 is 0 Å². The summed E-state index contributed by atoms with van der Waals surface area (Å²) in [4.78, 5) is 13.1. The molecule has 2 unspecified atom stereocenters. The van der Waals surface area contributed by atoms with Gasteiger partial charge in [0.05, 0.1) is 5.57 Å². The quantitative estimate of drug-likeness (QED) is 0.541. The van der Waals surface area contributed by atoms with Crippen molar-refractivity contribution in [2.75, 3.05) is 0 Å². The Morgan fingerprint density at radius 1 is 0.964 bits per heavy atom. The van der Waals surface area contributed by atoms with E-state index in [1.807, 2.05) is 42.5 Å². The van der Waals surface area contributed by atoms with E-state index in [9.17, 15) is 9.90 Å². The van der Waals surface area contributed by atoms with Crippen LogP contribution in [0.3, 0.4) is 0 Å². The molecule has 2 atom stereocenters. The number of carbonyl (C=O) groups is 1. The molecule has 1 aliphatic rings. The van der Waals surface area contributed by atoms with Gasteiger partial charge in [-0.25, -0.2) is 0 Å². The van der Waals surface area contributed by atoms with Gasteiger partial charge in [-0.2, -0.15) is 0 Å². The number of rotatable bonds is 7. The third-order valence-electron chi connectivity index (χ3n) is 6.06. The summed E-state index contributed by atoms with van der Waals surface area (Å²) in [5, 5.41) is 11.3. The molecule has 2 aromatic carbocycles. The van der Waals surface area contributed by atoms with Crippen molar-refractivity contribution in [1.29, 1.82) is 0 Å². The number of ketones is 1. The Labute approximate surface area is 168 Å². The first-order chi connectivity index (χ1) is 13.6. The molecule has 146 valence electrons. The van der Waals surface area contributed by atoms with Crippen LogP contribution in [0, 0.1) is 5.92 Å². The van der Waals surface area contributed by atoms with Crippen LogP contribution in [0.5, 0.6) is 0 Å². The maximum atomic E-state index is 13.1. The van der Waals surface area contributed by atoms with E-state index in [1.54, 1.807) is 0 Å². The molecular weight excluding hydrogens is 344 g/mol. The Morgan fingerprint density at radius 3 is 2.14 bits per heavy atom. The normalized spacial score (nSPS) is 22.1. The highest BCUT2D eigenvalue weighted by molar-refractivity contribution is 6.11. The average Bonchev–Trinajstić information content (AvgIpc) is 2.74. The molecule has 2 aromatic rings. The highest BCUT2D eigenvalue weighted by Crippen LogP contribution is 2.51. The molecule has 0 heterocycles. The molecule has 0 aromatic heterocycles. The highest BCUT2D eigenvalue weighted by atomic mass is 16.3. The molecule has 0 saturated carbocycles. The van der Waals surface area contributed by atoms with Crippen LogP contribution in [0.1, 0.15) is 62.4 Å². The van der Waals surface area contributed by atoms with Crippen LogP contribution in [0.25, 0.3) is 0 Å². The summed E-state index contributed by atoms with van der Waals surface area (Å²) in [6.45, 7) is 6.45. The topological polar surface area (TPSA) is 37.3 Å². The minimum atomic E-state index is -0.267. The number of carbonyl (C=O) groups excluding carboxylic acids is 1. The SMILES string of the molecule is CCCC1C(O)=C(C(=O)c2ccccc2)C=C(C)C1(CCC)c1ccccc1. The molecule has 1 aliphatic carbocycles. The lowest BCUT2D eigenvalue weighted by molar-refractivity contribution is 0.102. The summed E-state index contributed by atoms with van der Waals surface area (Å²) < 4.78 is 0. The number of hydrogen-bond acceptors (Lipinski definition) is 2. The Bertz CT molecular complexity index is 877. The fraction of sp³-hybridized carbons (Fsp3) is 0.346. The van der Waals surface area contributed by atoms with Gasteiger partial charge in [-0.3, -0.25) is 4.79 Å². The number of aliphatic hydroxyl groups excluding tert-OH is 1. The first kappa shape index (κ1) is 20.1. The molecule has 0 spiro atoms. The van der Waals surface area contributed by atoms with Crippen LogP contribution < -0.4 is 0 Å². The molecule has 0 bridgehead atoms. The van der Waals surface area contributed by atoms with E-state index >= 15 is 0 Å². The van der Waals surface area contributed by atoms with Crippen LogP contribution in [-0.2, 0) is 5.41 Å². The van der Waals surface area contributed by atoms with Crippen LogP contribution in [0.4, 0.5) is 0 Å². The van der Waals surface area contributed by atoms with E-state index in [4.69, 9.17) is 0 Å². The first-order valence-corrected chi connectivity index (χ1v) is 10.3. The van der Waals surface area contributed by atoms with Crippen molar-refractivity contribution < 1.29 is 9.90 Å². The molecule has 28 heavy (non-hydrogen) atoms. The second kappa shape index (κ2) is 8.60. The highest BCUT2D eigenvalue weighted by Gasteiger charge is 2.46. The van der Waals surface area contributed by atoms with Crippen molar-refractivity contribution in [2.24, 2.45) is 5.92 Å². The van der Waals surface area contributed by atoms with Gasteiger partial charge in [-0.05, 0) is 31.4 Å². The minimum absolute atomic E-state index is 0.0903. The second-order valence-corrected chi connectivity index (χ2v) is 7.75. The second-order valence-electron chi connectivity index (χ2n) is 7.75. The van der Waals surface area contributed by atoms with Crippen LogP contribution >= 0.6 is 0 Å². The lowest BCUT2D eigenvalue weighted by atomic mass is 9.58. The van der Waals surface area contributed by atoms with Gasteiger partial charge in [-0.15, -0.1) is 0 Å². The van der Waals surface area contributed by atoms with Gasteiger partial charge in [0.1, 0.15) is 5.76 Å². The summed E-state index contributed by atoms with van der Waals surface area (Å²) >= 11 is 0. The average molecular weight is 375 g/mol. The third-order valence-corrected chi connectivity index (χ3v) is 6.06. The molecule has 0 aliphatic heterocycles. The van der Waals surface area contributed by atoms with Gasteiger partial charge in [0.15, 0.2) is 5.78 Å². The monoisotopic (exact) mass is 374 g/mol. The van der Waals surface area contributed by atoms with E-state index in [1.165, 1.54) is 5.56 Å². The summed E-state index contributed by atoms with van der Waals surface area (Å²) in [7, 11) is 0. The molecule has 2 nitrogen and oxygen atoms in total. The number of aliphatic hydroxyl groups is 1. The molecule has 0 fully saturated rings. The van der Waals surface area contributed by atoms with Crippen molar-refractivity contribution in [3.63, 3.8) is 0 Å². The van der Waals surface area contributed by atoms with Crippen molar-refractivity contribution in [2.45, 2.75) is 51.9 Å². The van der Waals surface area contributed by atoms with E-state index in [0.29, 0.717) is 11.1 Å². The fourth-order valence-corrected chi connectivity index (χ4v) is 4.79. The summed E-state index contributed by atoms with van der Waals surface area (Å²) in [5.74, 6) is 0.0582. The molecular formula is C26H30O2. The summed E-state index contributed by atoms with van der Waals surface area (Å²) in [6, 6.07) is 19.7. The van der Waals surface area contributed by atoms with Gasteiger partial charge in [-0.1, -0.05) is 92.9 Å². The maximum absolute atomic E-state index is 13.1. The van der Waals surface area contributed by atoms with Gasteiger partial charge < -0.3 is 5.11 Å². The molecule has 1 N–H and O–H groups in total. The smallest absolute Gasteiger partial charge is 0.196 e.